The van der Waals surface area contributed by atoms with Crippen molar-refractivity contribution >= 4 is 5.97 Å². The van der Waals surface area contributed by atoms with Crippen LogP contribution in [-0.2, 0) is 11.2 Å². The first-order valence-electron chi connectivity index (χ1n) is 7.53. The van der Waals surface area contributed by atoms with E-state index in [0.29, 0.717) is 17.9 Å². The van der Waals surface area contributed by atoms with E-state index in [0.717, 1.165) is 36.1 Å². The standard InChI is InChI=1S/C18H22O3/c1-4-6-12-15-16(18(19)20-5-2)13(3)21-17(15)14-10-8-7-9-11-14/h7-11H,4-6,12H2,1-3H3. The van der Waals surface area contributed by atoms with Crippen molar-refractivity contribution in [3.63, 3.8) is 0 Å². The number of hydrogen-bond acceptors (Lipinski definition) is 3. The lowest BCUT2D eigenvalue weighted by atomic mass is 9.99. The fourth-order valence-electron chi connectivity index (χ4n) is 2.48. The first kappa shape index (κ1) is 15.4. The van der Waals surface area contributed by atoms with Crippen molar-refractivity contribution in [2.75, 3.05) is 6.61 Å². The lowest BCUT2D eigenvalue weighted by Gasteiger charge is -2.05. The van der Waals surface area contributed by atoms with Crippen molar-refractivity contribution in [1.82, 2.24) is 0 Å². The first-order valence-corrected chi connectivity index (χ1v) is 7.53. The quantitative estimate of drug-likeness (QED) is 0.718. The van der Waals surface area contributed by atoms with E-state index in [1.807, 2.05) is 44.2 Å². The number of rotatable bonds is 6. The molecule has 0 aliphatic carbocycles. The highest BCUT2D eigenvalue weighted by atomic mass is 16.5. The lowest BCUT2D eigenvalue weighted by Crippen LogP contribution is -2.08. The maximum absolute atomic E-state index is 12.2. The Morgan fingerprint density at radius 1 is 1.19 bits per heavy atom. The van der Waals surface area contributed by atoms with Gasteiger partial charge in [-0.2, -0.15) is 0 Å². The molecule has 3 nitrogen and oxygen atoms in total. The minimum atomic E-state index is -0.285. The molecule has 0 spiro atoms. The summed E-state index contributed by atoms with van der Waals surface area (Å²) >= 11 is 0. The van der Waals surface area contributed by atoms with Gasteiger partial charge in [0.05, 0.1) is 6.61 Å². The van der Waals surface area contributed by atoms with E-state index in [2.05, 4.69) is 6.92 Å². The Balaban J connectivity index is 2.50. The molecule has 21 heavy (non-hydrogen) atoms. The molecule has 1 aromatic heterocycles. The highest BCUT2D eigenvalue weighted by molar-refractivity contribution is 5.94. The second-order valence-electron chi connectivity index (χ2n) is 5.03. The number of benzene rings is 1. The van der Waals surface area contributed by atoms with Gasteiger partial charge in [0, 0.05) is 11.1 Å². The number of aryl methyl sites for hydroxylation is 1. The van der Waals surface area contributed by atoms with Crippen LogP contribution in [-0.4, -0.2) is 12.6 Å². The van der Waals surface area contributed by atoms with Crippen LogP contribution in [0.15, 0.2) is 34.7 Å². The predicted molar refractivity (Wildman–Crippen MR) is 83.4 cm³/mol. The molecule has 0 N–H and O–H groups in total. The van der Waals surface area contributed by atoms with Gasteiger partial charge < -0.3 is 9.15 Å². The molecule has 0 aliphatic rings. The summed E-state index contributed by atoms with van der Waals surface area (Å²) in [6.45, 7) is 6.15. The highest BCUT2D eigenvalue weighted by Crippen LogP contribution is 2.33. The molecule has 0 unspecified atom stereocenters. The highest BCUT2D eigenvalue weighted by Gasteiger charge is 2.24. The van der Waals surface area contributed by atoms with Crippen molar-refractivity contribution in [2.45, 2.75) is 40.0 Å². The van der Waals surface area contributed by atoms with Crippen molar-refractivity contribution in [1.29, 1.82) is 0 Å². The molecular formula is C18H22O3. The molecule has 2 aromatic rings. The number of unbranched alkanes of at least 4 members (excludes halogenated alkanes) is 1. The summed E-state index contributed by atoms with van der Waals surface area (Å²) < 4.78 is 11.1. The topological polar surface area (TPSA) is 39.4 Å². The molecule has 0 saturated heterocycles. The molecule has 0 atom stereocenters. The molecular weight excluding hydrogens is 264 g/mol. The Morgan fingerprint density at radius 2 is 1.90 bits per heavy atom. The fourth-order valence-corrected chi connectivity index (χ4v) is 2.48. The summed E-state index contributed by atoms with van der Waals surface area (Å²) in [4.78, 5) is 12.2. The second-order valence-corrected chi connectivity index (χ2v) is 5.03. The summed E-state index contributed by atoms with van der Waals surface area (Å²) in [6, 6.07) is 9.92. The molecule has 0 bridgehead atoms. The van der Waals surface area contributed by atoms with Gasteiger partial charge in [-0.25, -0.2) is 4.79 Å². The molecule has 0 radical (unpaired) electrons. The van der Waals surface area contributed by atoms with E-state index in [1.54, 1.807) is 0 Å². The van der Waals surface area contributed by atoms with Crippen LogP contribution in [0.25, 0.3) is 11.3 Å². The van der Waals surface area contributed by atoms with Gasteiger partial charge in [-0.05, 0) is 26.7 Å². The number of ether oxygens (including phenoxy) is 1. The molecule has 3 heteroatoms. The molecule has 1 aromatic carbocycles. The molecule has 0 saturated carbocycles. The van der Waals surface area contributed by atoms with E-state index in [4.69, 9.17) is 9.15 Å². The van der Waals surface area contributed by atoms with E-state index in [-0.39, 0.29) is 5.97 Å². The third kappa shape index (κ3) is 3.35. The molecule has 112 valence electrons. The number of hydrogen-bond donors (Lipinski definition) is 0. The molecule has 0 aliphatic heterocycles. The predicted octanol–water partition coefficient (Wildman–Crippen LogP) is 4.77. The van der Waals surface area contributed by atoms with Crippen LogP contribution in [0.2, 0.25) is 0 Å². The van der Waals surface area contributed by atoms with Crippen LogP contribution in [0.1, 0.15) is 48.4 Å². The normalized spacial score (nSPS) is 10.6. The Hall–Kier alpha value is -2.03. The molecule has 1 heterocycles. The van der Waals surface area contributed by atoms with Crippen LogP contribution in [0, 0.1) is 6.92 Å². The van der Waals surface area contributed by atoms with Gasteiger partial charge in [0.15, 0.2) is 0 Å². The van der Waals surface area contributed by atoms with Crippen LogP contribution in [0.3, 0.4) is 0 Å². The third-order valence-electron chi connectivity index (χ3n) is 3.48. The minimum Gasteiger partial charge on any atom is -0.462 e. The average Bonchev–Trinajstić information content (AvgIpc) is 2.83. The van der Waals surface area contributed by atoms with Crippen molar-refractivity contribution < 1.29 is 13.9 Å². The van der Waals surface area contributed by atoms with Crippen LogP contribution < -0.4 is 0 Å². The maximum atomic E-state index is 12.2. The average molecular weight is 286 g/mol. The summed E-state index contributed by atoms with van der Waals surface area (Å²) in [7, 11) is 0. The van der Waals surface area contributed by atoms with Gasteiger partial charge in [0.1, 0.15) is 17.1 Å². The van der Waals surface area contributed by atoms with E-state index in [1.165, 1.54) is 0 Å². The van der Waals surface area contributed by atoms with Gasteiger partial charge in [-0.3, -0.25) is 0 Å². The van der Waals surface area contributed by atoms with E-state index in [9.17, 15) is 4.79 Å². The summed E-state index contributed by atoms with van der Waals surface area (Å²) in [6.07, 6.45) is 2.91. The monoisotopic (exact) mass is 286 g/mol. The van der Waals surface area contributed by atoms with Crippen LogP contribution >= 0.6 is 0 Å². The van der Waals surface area contributed by atoms with Gasteiger partial charge in [0.25, 0.3) is 0 Å². The molecule has 0 amide bonds. The molecule has 0 fully saturated rings. The Kier molecular flexibility index (Phi) is 5.20. The lowest BCUT2D eigenvalue weighted by molar-refractivity contribution is 0.0523. The number of furan rings is 1. The number of esters is 1. The van der Waals surface area contributed by atoms with Crippen molar-refractivity contribution in [2.24, 2.45) is 0 Å². The largest absolute Gasteiger partial charge is 0.462 e. The summed E-state index contributed by atoms with van der Waals surface area (Å²) in [5.41, 5.74) is 2.57. The zero-order chi connectivity index (χ0) is 15.2. The molecule has 2 rings (SSSR count). The Morgan fingerprint density at radius 3 is 2.52 bits per heavy atom. The zero-order valence-electron chi connectivity index (χ0n) is 12.9. The Bertz CT molecular complexity index is 596. The SMILES string of the molecule is CCCCc1c(-c2ccccc2)oc(C)c1C(=O)OCC. The first-order chi connectivity index (χ1) is 10.2. The zero-order valence-corrected chi connectivity index (χ0v) is 12.9. The van der Waals surface area contributed by atoms with Crippen molar-refractivity contribution in [3.8, 4) is 11.3 Å². The Labute approximate surface area is 125 Å². The van der Waals surface area contributed by atoms with E-state index < -0.39 is 0 Å². The number of carbonyl (C=O) groups is 1. The third-order valence-corrected chi connectivity index (χ3v) is 3.48. The number of carbonyl (C=O) groups excluding carboxylic acids is 1. The van der Waals surface area contributed by atoms with Crippen LogP contribution in [0.5, 0.6) is 0 Å². The second kappa shape index (κ2) is 7.11. The van der Waals surface area contributed by atoms with Gasteiger partial charge in [-0.15, -0.1) is 0 Å². The minimum absolute atomic E-state index is 0.285. The van der Waals surface area contributed by atoms with Crippen LogP contribution in [0.4, 0.5) is 0 Å². The smallest absolute Gasteiger partial charge is 0.341 e. The fraction of sp³-hybridized carbons (Fsp3) is 0.389. The maximum Gasteiger partial charge on any atom is 0.341 e. The van der Waals surface area contributed by atoms with Crippen molar-refractivity contribution in [3.05, 3.63) is 47.2 Å². The van der Waals surface area contributed by atoms with Gasteiger partial charge in [0.2, 0.25) is 0 Å². The van der Waals surface area contributed by atoms with Gasteiger partial charge >= 0.3 is 5.97 Å². The summed E-state index contributed by atoms with van der Waals surface area (Å²) in [5, 5.41) is 0. The van der Waals surface area contributed by atoms with Gasteiger partial charge in [-0.1, -0.05) is 43.7 Å². The van der Waals surface area contributed by atoms with E-state index >= 15 is 0 Å². The summed E-state index contributed by atoms with van der Waals surface area (Å²) in [5.74, 6) is 1.15.